The van der Waals surface area contributed by atoms with Gasteiger partial charge in [-0.15, -0.1) is 0 Å². The molecule has 0 N–H and O–H groups in total. The van der Waals surface area contributed by atoms with Crippen LogP contribution in [0.1, 0.15) is 213 Å². The van der Waals surface area contributed by atoms with Crippen LogP contribution in [0.5, 0.6) is 0 Å². The van der Waals surface area contributed by atoms with Crippen LogP contribution in [0.25, 0.3) is 0 Å². The molecule has 0 aromatic carbocycles. The summed E-state index contributed by atoms with van der Waals surface area (Å²) in [5.41, 5.74) is 0. The van der Waals surface area contributed by atoms with Gasteiger partial charge in [0.1, 0.15) is 6.10 Å². The molecule has 274 valence electrons. The number of ether oxygens (including phenoxy) is 2. The zero-order chi connectivity index (χ0) is 33.9. The molecule has 0 radical (unpaired) electrons. The highest BCUT2D eigenvalue weighted by molar-refractivity contribution is 5.72. The lowest BCUT2D eigenvalue weighted by atomic mass is 9.94. The topological polar surface area (TPSA) is 55.8 Å². The largest absolute Gasteiger partial charge is 0.465 e. The van der Waals surface area contributed by atoms with E-state index in [0.717, 1.165) is 70.8 Å². The van der Waals surface area contributed by atoms with E-state index in [1.54, 1.807) is 0 Å². The van der Waals surface area contributed by atoms with Gasteiger partial charge in [0, 0.05) is 6.42 Å². The predicted octanol–water partition coefficient (Wildman–Crippen LogP) is 12.4. The van der Waals surface area contributed by atoms with Crippen molar-refractivity contribution in [2.45, 2.75) is 219 Å². The van der Waals surface area contributed by atoms with E-state index in [0.29, 0.717) is 13.0 Å². The zero-order valence-corrected chi connectivity index (χ0v) is 31.9. The SMILES string of the molecule is CCCCCCCCCC(CCCCCCCCCOC(=O)C(CCCCCC)CCCCCCCC)OC(=O)CCCN(C)C. The fourth-order valence-electron chi connectivity index (χ4n) is 6.39. The van der Waals surface area contributed by atoms with Crippen LogP contribution in [0, 0.1) is 5.92 Å². The van der Waals surface area contributed by atoms with Crippen LogP contribution in [-0.2, 0) is 19.1 Å². The molecule has 0 amide bonds. The van der Waals surface area contributed by atoms with Crippen LogP contribution < -0.4 is 0 Å². The molecule has 0 aromatic heterocycles. The Morgan fingerprint density at radius 1 is 0.500 bits per heavy atom. The third-order valence-corrected chi connectivity index (χ3v) is 9.47. The van der Waals surface area contributed by atoms with Crippen molar-refractivity contribution >= 4 is 11.9 Å². The molecule has 2 unspecified atom stereocenters. The van der Waals surface area contributed by atoms with Gasteiger partial charge in [0.05, 0.1) is 12.5 Å². The van der Waals surface area contributed by atoms with Gasteiger partial charge >= 0.3 is 11.9 Å². The molecule has 0 aromatic rings. The number of hydrogen-bond donors (Lipinski definition) is 0. The number of nitrogens with zero attached hydrogens (tertiary/aromatic N) is 1. The summed E-state index contributed by atoms with van der Waals surface area (Å²) in [7, 11) is 4.10. The maximum atomic E-state index is 12.9. The van der Waals surface area contributed by atoms with E-state index in [4.69, 9.17) is 9.47 Å². The highest BCUT2D eigenvalue weighted by atomic mass is 16.5. The third-order valence-electron chi connectivity index (χ3n) is 9.47. The first-order chi connectivity index (χ1) is 22.4. The minimum Gasteiger partial charge on any atom is -0.465 e. The van der Waals surface area contributed by atoms with Crippen LogP contribution in [0.3, 0.4) is 0 Å². The molecule has 0 saturated heterocycles. The summed E-state index contributed by atoms with van der Waals surface area (Å²) in [5, 5.41) is 0. The first-order valence-electron chi connectivity index (χ1n) is 20.4. The van der Waals surface area contributed by atoms with Gasteiger partial charge in [0.15, 0.2) is 0 Å². The molecule has 0 rings (SSSR count). The van der Waals surface area contributed by atoms with Gasteiger partial charge in [-0.3, -0.25) is 9.59 Å². The summed E-state index contributed by atoms with van der Waals surface area (Å²) >= 11 is 0. The Kier molecular flexibility index (Phi) is 34.4. The minimum atomic E-state index is -0.0132. The molecular weight excluding hydrogens is 570 g/mol. The van der Waals surface area contributed by atoms with Gasteiger partial charge < -0.3 is 14.4 Å². The second-order valence-corrected chi connectivity index (χ2v) is 14.5. The van der Waals surface area contributed by atoms with Crippen molar-refractivity contribution in [3.63, 3.8) is 0 Å². The molecule has 0 fully saturated rings. The van der Waals surface area contributed by atoms with E-state index in [1.165, 1.54) is 122 Å². The van der Waals surface area contributed by atoms with E-state index in [-0.39, 0.29) is 24.0 Å². The predicted molar refractivity (Wildman–Crippen MR) is 198 cm³/mol. The summed E-state index contributed by atoms with van der Waals surface area (Å²) in [6.07, 6.45) is 35.3. The van der Waals surface area contributed by atoms with Gasteiger partial charge in [0.25, 0.3) is 0 Å². The number of carbonyl (C=O) groups is 2. The second kappa shape index (κ2) is 35.2. The van der Waals surface area contributed by atoms with Crippen molar-refractivity contribution in [2.75, 3.05) is 27.2 Å². The first-order valence-corrected chi connectivity index (χ1v) is 20.4. The normalized spacial score (nSPS) is 12.8. The van der Waals surface area contributed by atoms with Gasteiger partial charge in [-0.1, -0.05) is 156 Å². The van der Waals surface area contributed by atoms with Gasteiger partial charge in [-0.2, -0.15) is 0 Å². The number of hydrogen-bond acceptors (Lipinski definition) is 5. The number of unbranched alkanes of at least 4 members (excludes halogenated alkanes) is 20. The molecule has 5 nitrogen and oxygen atoms in total. The van der Waals surface area contributed by atoms with Crippen LogP contribution in [0.2, 0.25) is 0 Å². The lowest BCUT2D eigenvalue weighted by Crippen LogP contribution is -2.20. The maximum absolute atomic E-state index is 12.9. The van der Waals surface area contributed by atoms with Gasteiger partial charge in [-0.05, 0) is 72.0 Å². The van der Waals surface area contributed by atoms with E-state index < -0.39 is 0 Å². The van der Waals surface area contributed by atoms with Crippen molar-refractivity contribution < 1.29 is 19.1 Å². The molecule has 0 bridgehead atoms. The highest BCUT2D eigenvalue weighted by Crippen LogP contribution is 2.21. The van der Waals surface area contributed by atoms with Crippen molar-refractivity contribution in [3.8, 4) is 0 Å². The summed E-state index contributed by atoms with van der Waals surface area (Å²) in [4.78, 5) is 27.5. The monoisotopic (exact) mass is 652 g/mol. The first kappa shape index (κ1) is 44.9. The maximum Gasteiger partial charge on any atom is 0.308 e. The Bertz CT molecular complexity index is 652. The third kappa shape index (κ3) is 31.5. The zero-order valence-electron chi connectivity index (χ0n) is 31.9. The number of esters is 2. The van der Waals surface area contributed by atoms with Crippen molar-refractivity contribution in [1.29, 1.82) is 0 Å². The molecular formula is C41H81NO4. The lowest BCUT2D eigenvalue weighted by Gasteiger charge is -2.18. The lowest BCUT2D eigenvalue weighted by molar-refractivity contribution is -0.150. The van der Waals surface area contributed by atoms with Gasteiger partial charge in [0.2, 0.25) is 0 Å². The molecule has 0 heterocycles. The van der Waals surface area contributed by atoms with Crippen molar-refractivity contribution in [1.82, 2.24) is 4.90 Å². The minimum absolute atomic E-state index is 0.0132. The summed E-state index contributed by atoms with van der Waals surface area (Å²) in [6.45, 7) is 8.28. The van der Waals surface area contributed by atoms with Crippen LogP contribution in [0.15, 0.2) is 0 Å². The molecule has 5 heteroatoms. The van der Waals surface area contributed by atoms with E-state index in [1.807, 2.05) is 14.1 Å². The molecule has 0 saturated carbocycles. The fraction of sp³-hybridized carbons (Fsp3) is 0.951. The fourth-order valence-corrected chi connectivity index (χ4v) is 6.39. The highest BCUT2D eigenvalue weighted by Gasteiger charge is 2.19. The van der Waals surface area contributed by atoms with Crippen LogP contribution in [-0.4, -0.2) is 50.2 Å². The van der Waals surface area contributed by atoms with E-state index in [9.17, 15) is 9.59 Å². The number of carbonyl (C=O) groups excluding carboxylic acids is 2. The summed E-state index contributed by atoms with van der Waals surface area (Å²) in [5.74, 6) is 0.158. The Morgan fingerprint density at radius 3 is 1.35 bits per heavy atom. The Hall–Kier alpha value is -1.10. The van der Waals surface area contributed by atoms with Crippen molar-refractivity contribution in [2.24, 2.45) is 5.92 Å². The summed E-state index contributed by atoms with van der Waals surface area (Å²) < 4.78 is 11.7. The van der Waals surface area contributed by atoms with Gasteiger partial charge in [-0.25, -0.2) is 0 Å². The van der Waals surface area contributed by atoms with E-state index in [2.05, 4.69) is 25.7 Å². The average molecular weight is 652 g/mol. The Balaban J connectivity index is 4.19. The van der Waals surface area contributed by atoms with Crippen molar-refractivity contribution in [3.05, 3.63) is 0 Å². The molecule has 46 heavy (non-hydrogen) atoms. The molecule has 0 spiro atoms. The average Bonchev–Trinajstić information content (AvgIpc) is 3.03. The van der Waals surface area contributed by atoms with Crippen LogP contribution >= 0.6 is 0 Å². The Morgan fingerprint density at radius 2 is 0.891 bits per heavy atom. The number of rotatable bonds is 36. The second-order valence-electron chi connectivity index (χ2n) is 14.5. The van der Waals surface area contributed by atoms with Crippen LogP contribution in [0.4, 0.5) is 0 Å². The molecule has 0 aliphatic heterocycles. The van der Waals surface area contributed by atoms with E-state index >= 15 is 0 Å². The quantitative estimate of drug-likeness (QED) is 0.0498. The standard InChI is InChI=1S/C41H81NO4/c1-6-9-12-15-18-22-27-33-39(46-40(43)35-30-36-42(4)5)34-28-23-19-17-20-24-29-37-45-41(44)38(31-25-14-11-8-3)32-26-21-16-13-10-7-2/h38-39H,6-37H2,1-5H3. The molecule has 0 aliphatic rings. The smallest absolute Gasteiger partial charge is 0.308 e. The molecule has 2 atom stereocenters. The summed E-state index contributed by atoms with van der Waals surface area (Å²) in [6, 6.07) is 0. The Labute approximate surface area is 288 Å². The molecule has 0 aliphatic carbocycles.